The zero-order valence-electron chi connectivity index (χ0n) is 14.5. The van der Waals surface area contributed by atoms with Gasteiger partial charge in [-0.25, -0.2) is 4.98 Å². The van der Waals surface area contributed by atoms with E-state index in [4.69, 9.17) is 9.15 Å². The van der Waals surface area contributed by atoms with Crippen molar-refractivity contribution in [2.24, 2.45) is 0 Å². The summed E-state index contributed by atoms with van der Waals surface area (Å²) in [6.07, 6.45) is 1.69. The van der Waals surface area contributed by atoms with Crippen molar-refractivity contribution >= 4 is 33.9 Å². The van der Waals surface area contributed by atoms with Gasteiger partial charge in [0.05, 0.1) is 12.8 Å². The number of rotatable bonds is 7. The van der Waals surface area contributed by atoms with Crippen molar-refractivity contribution in [3.63, 3.8) is 0 Å². The van der Waals surface area contributed by atoms with Crippen LogP contribution < -0.4 is 10.1 Å². The molecule has 0 aliphatic heterocycles. The highest BCUT2D eigenvalue weighted by Gasteiger charge is 2.10. The number of methoxy groups -OCH3 is 1. The lowest BCUT2D eigenvalue weighted by Gasteiger charge is -2.04. The minimum Gasteiger partial charge on any atom is -0.497 e. The van der Waals surface area contributed by atoms with Crippen molar-refractivity contribution in [3.8, 4) is 17.2 Å². The summed E-state index contributed by atoms with van der Waals surface area (Å²) in [5.74, 6) is 2.09. The molecule has 6 nitrogen and oxygen atoms in total. The van der Waals surface area contributed by atoms with Crippen LogP contribution in [0.3, 0.4) is 0 Å². The second-order valence-electron chi connectivity index (χ2n) is 5.53. The zero-order chi connectivity index (χ0) is 18.5. The molecule has 0 atom stereocenters. The van der Waals surface area contributed by atoms with Gasteiger partial charge < -0.3 is 14.5 Å². The smallest absolute Gasteiger partial charge is 0.226 e. The van der Waals surface area contributed by atoms with Crippen LogP contribution in [0.5, 0.6) is 5.75 Å². The molecule has 0 saturated heterocycles. The number of oxazole rings is 1. The number of hydrogen-bond acceptors (Lipinski definition) is 8. The Kier molecular flexibility index (Phi) is 5.36. The summed E-state index contributed by atoms with van der Waals surface area (Å²) in [6.45, 7) is 0. The molecule has 1 N–H and O–H groups in total. The predicted molar refractivity (Wildman–Crippen MR) is 108 cm³/mol. The molecule has 0 amide bonds. The van der Waals surface area contributed by atoms with E-state index >= 15 is 0 Å². The van der Waals surface area contributed by atoms with Crippen LogP contribution in [0, 0.1) is 0 Å². The van der Waals surface area contributed by atoms with Gasteiger partial charge in [0.25, 0.3) is 0 Å². The van der Waals surface area contributed by atoms with Gasteiger partial charge in [-0.1, -0.05) is 47.4 Å². The SMILES string of the molecule is COc1cccc(Nc2nnc(SCc3coc(-c4ccccc4)n3)s2)c1. The second-order valence-corrected chi connectivity index (χ2v) is 7.73. The maximum Gasteiger partial charge on any atom is 0.226 e. The first-order valence-electron chi connectivity index (χ1n) is 8.17. The first-order chi connectivity index (χ1) is 13.3. The third-order valence-electron chi connectivity index (χ3n) is 3.64. The van der Waals surface area contributed by atoms with Gasteiger partial charge in [0.15, 0.2) is 4.34 Å². The van der Waals surface area contributed by atoms with E-state index < -0.39 is 0 Å². The van der Waals surface area contributed by atoms with Crippen LogP contribution in [0.2, 0.25) is 0 Å². The van der Waals surface area contributed by atoms with Crippen LogP contribution in [-0.2, 0) is 5.75 Å². The fourth-order valence-electron chi connectivity index (χ4n) is 2.37. The molecule has 0 aliphatic carbocycles. The number of thioether (sulfide) groups is 1. The average Bonchev–Trinajstić information content (AvgIpc) is 3.37. The van der Waals surface area contributed by atoms with Crippen LogP contribution >= 0.6 is 23.1 Å². The summed E-state index contributed by atoms with van der Waals surface area (Å²) in [5.41, 5.74) is 2.75. The Morgan fingerprint density at radius 1 is 1.11 bits per heavy atom. The van der Waals surface area contributed by atoms with Crippen molar-refractivity contribution in [3.05, 3.63) is 66.6 Å². The van der Waals surface area contributed by atoms with E-state index in [1.165, 1.54) is 11.3 Å². The number of nitrogens with one attached hydrogen (secondary N) is 1. The van der Waals surface area contributed by atoms with Crippen molar-refractivity contribution in [1.29, 1.82) is 0 Å². The first-order valence-corrected chi connectivity index (χ1v) is 9.97. The third kappa shape index (κ3) is 4.47. The summed E-state index contributed by atoms with van der Waals surface area (Å²) < 4.78 is 11.7. The molecule has 4 aromatic rings. The summed E-state index contributed by atoms with van der Waals surface area (Å²) >= 11 is 3.07. The van der Waals surface area contributed by atoms with E-state index in [-0.39, 0.29) is 0 Å². The van der Waals surface area contributed by atoms with E-state index in [9.17, 15) is 0 Å². The van der Waals surface area contributed by atoms with Crippen LogP contribution in [0.25, 0.3) is 11.5 Å². The average molecular weight is 396 g/mol. The summed E-state index contributed by atoms with van der Waals surface area (Å²) in [5, 5.41) is 12.4. The van der Waals surface area contributed by atoms with Gasteiger partial charge in [0.1, 0.15) is 12.0 Å². The molecule has 27 heavy (non-hydrogen) atoms. The van der Waals surface area contributed by atoms with Gasteiger partial charge in [-0.2, -0.15) is 0 Å². The van der Waals surface area contributed by atoms with Crippen molar-refractivity contribution in [2.75, 3.05) is 12.4 Å². The summed E-state index contributed by atoms with van der Waals surface area (Å²) in [6, 6.07) is 17.5. The summed E-state index contributed by atoms with van der Waals surface area (Å²) in [7, 11) is 1.64. The molecule has 0 spiro atoms. The lowest BCUT2D eigenvalue weighted by atomic mass is 10.2. The van der Waals surface area contributed by atoms with E-state index in [1.54, 1.807) is 25.1 Å². The van der Waals surface area contributed by atoms with Crippen LogP contribution in [-0.4, -0.2) is 22.3 Å². The number of ether oxygens (including phenoxy) is 1. The molecule has 0 bridgehead atoms. The van der Waals surface area contributed by atoms with Gasteiger partial charge in [-0.3, -0.25) is 0 Å². The molecule has 0 saturated carbocycles. The normalized spacial score (nSPS) is 10.7. The van der Waals surface area contributed by atoms with Crippen LogP contribution in [0.15, 0.2) is 69.6 Å². The Balaban J connectivity index is 1.36. The van der Waals surface area contributed by atoms with Gasteiger partial charge in [0, 0.05) is 23.1 Å². The highest BCUT2D eigenvalue weighted by Crippen LogP contribution is 2.31. The van der Waals surface area contributed by atoms with E-state index in [2.05, 4.69) is 20.5 Å². The van der Waals surface area contributed by atoms with E-state index in [0.717, 1.165) is 32.2 Å². The first kappa shape index (κ1) is 17.6. The van der Waals surface area contributed by atoms with Gasteiger partial charge in [-0.15, -0.1) is 10.2 Å². The monoisotopic (exact) mass is 396 g/mol. The topological polar surface area (TPSA) is 73.1 Å². The maximum atomic E-state index is 5.56. The Labute approximate surface area is 164 Å². The number of benzene rings is 2. The number of aromatic nitrogens is 3. The third-order valence-corrected chi connectivity index (χ3v) is 5.65. The quantitative estimate of drug-likeness (QED) is 0.428. The molecule has 0 fully saturated rings. The number of nitrogens with zero attached hydrogens (tertiary/aromatic N) is 3. The zero-order valence-corrected chi connectivity index (χ0v) is 16.1. The number of hydrogen-bond donors (Lipinski definition) is 1. The highest BCUT2D eigenvalue weighted by atomic mass is 32.2. The van der Waals surface area contributed by atoms with E-state index in [0.29, 0.717) is 11.6 Å². The van der Waals surface area contributed by atoms with Crippen molar-refractivity contribution in [1.82, 2.24) is 15.2 Å². The predicted octanol–water partition coefficient (Wildman–Crippen LogP) is 5.24. The largest absolute Gasteiger partial charge is 0.497 e. The fourth-order valence-corrected chi connectivity index (χ4v) is 4.01. The molecule has 8 heteroatoms. The molecular formula is C19H16N4O2S2. The molecule has 2 aromatic carbocycles. The Morgan fingerprint density at radius 3 is 2.85 bits per heavy atom. The Bertz CT molecular complexity index is 1020. The molecule has 0 aliphatic rings. The summed E-state index contributed by atoms with van der Waals surface area (Å²) in [4.78, 5) is 4.53. The minimum atomic E-state index is 0.629. The van der Waals surface area contributed by atoms with Gasteiger partial charge >= 0.3 is 0 Å². The number of anilines is 2. The van der Waals surface area contributed by atoms with Crippen LogP contribution in [0.1, 0.15) is 5.69 Å². The molecule has 2 heterocycles. The van der Waals surface area contributed by atoms with Crippen molar-refractivity contribution in [2.45, 2.75) is 10.1 Å². The minimum absolute atomic E-state index is 0.629. The van der Waals surface area contributed by atoms with E-state index in [1.807, 2.05) is 54.6 Å². The fraction of sp³-hybridized carbons (Fsp3) is 0.105. The molecule has 4 rings (SSSR count). The lowest BCUT2D eigenvalue weighted by molar-refractivity contribution is 0.415. The van der Waals surface area contributed by atoms with Crippen LogP contribution in [0.4, 0.5) is 10.8 Å². The Morgan fingerprint density at radius 2 is 2.00 bits per heavy atom. The molecule has 0 radical (unpaired) electrons. The van der Waals surface area contributed by atoms with Gasteiger partial charge in [0.2, 0.25) is 11.0 Å². The maximum absolute atomic E-state index is 5.56. The van der Waals surface area contributed by atoms with Crippen molar-refractivity contribution < 1.29 is 9.15 Å². The molecule has 0 unspecified atom stereocenters. The van der Waals surface area contributed by atoms with Gasteiger partial charge in [-0.05, 0) is 24.3 Å². The second kappa shape index (κ2) is 8.24. The molecule has 2 aromatic heterocycles. The standard InChI is InChI=1S/C19H16N4O2S2/c1-24-16-9-5-8-14(10-16)21-18-22-23-19(27-18)26-12-15-11-25-17(20-15)13-6-3-2-4-7-13/h2-11H,12H2,1H3,(H,21,22). The highest BCUT2D eigenvalue weighted by molar-refractivity contribution is 8.00. The Hall–Kier alpha value is -2.84. The lowest BCUT2D eigenvalue weighted by Crippen LogP contribution is -1.90. The molecule has 136 valence electrons. The molecular weight excluding hydrogens is 380 g/mol.